The van der Waals surface area contributed by atoms with E-state index in [1.54, 1.807) is 43.4 Å². The highest BCUT2D eigenvalue weighted by molar-refractivity contribution is 5.97. The highest BCUT2D eigenvalue weighted by Gasteiger charge is 2.14. The van der Waals surface area contributed by atoms with Crippen molar-refractivity contribution in [2.75, 3.05) is 26.5 Å². The zero-order chi connectivity index (χ0) is 19.1. The average molecular weight is 352 g/mol. The fourth-order valence-electron chi connectivity index (χ4n) is 2.39. The number of nitrogens with one attached hydrogen (secondary N) is 2. The molecule has 0 saturated carbocycles. The number of nitrogens with zero attached hydrogens (tertiary/aromatic N) is 2. The van der Waals surface area contributed by atoms with Gasteiger partial charge in [-0.05, 0) is 35.9 Å². The van der Waals surface area contributed by atoms with Gasteiger partial charge < -0.3 is 20.3 Å². The lowest BCUT2D eigenvalue weighted by Gasteiger charge is -2.19. The summed E-state index contributed by atoms with van der Waals surface area (Å²) in [6, 6.07) is 13.6. The zero-order valence-electron chi connectivity index (χ0n) is 14.9. The van der Waals surface area contributed by atoms with Gasteiger partial charge in [-0.15, -0.1) is 0 Å². The molecular weight excluding hydrogens is 332 g/mol. The van der Waals surface area contributed by atoms with Crippen molar-refractivity contribution in [3.8, 4) is 11.8 Å². The molecule has 0 atom stereocenters. The molecule has 134 valence electrons. The van der Waals surface area contributed by atoms with Crippen LogP contribution in [0.5, 0.6) is 5.75 Å². The van der Waals surface area contributed by atoms with Gasteiger partial charge in [-0.25, -0.2) is 4.79 Å². The molecule has 0 fully saturated rings. The van der Waals surface area contributed by atoms with Crippen LogP contribution in [-0.2, 0) is 6.54 Å². The van der Waals surface area contributed by atoms with Crippen molar-refractivity contribution in [2.24, 2.45) is 0 Å². The minimum Gasteiger partial charge on any atom is -0.495 e. The largest absolute Gasteiger partial charge is 0.495 e. The normalized spacial score (nSPS) is 9.77. The summed E-state index contributed by atoms with van der Waals surface area (Å²) in [5.74, 6) is 0.190. The van der Waals surface area contributed by atoms with Crippen molar-refractivity contribution < 1.29 is 14.3 Å². The molecule has 2 aromatic rings. The van der Waals surface area contributed by atoms with Crippen LogP contribution in [0.3, 0.4) is 0 Å². The van der Waals surface area contributed by atoms with E-state index in [4.69, 9.17) is 10.00 Å². The third kappa shape index (κ3) is 4.51. The molecule has 2 aromatic carbocycles. The van der Waals surface area contributed by atoms with Crippen LogP contribution < -0.4 is 15.4 Å². The Bertz CT molecular complexity index is 858. The minimum absolute atomic E-state index is 0.259. The van der Waals surface area contributed by atoms with Crippen LogP contribution in [0.25, 0.3) is 0 Å². The number of rotatable bonds is 5. The highest BCUT2D eigenvalue weighted by atomic mass is 16.5. The number of urea groups is 1. The van der Waals surface area contributed by atoms with Crippen molar-refractivity contribution in [1.29, 1.82) is 5.26 Å². The molecule has 7 heteroatoms. The maximum Gasteiger partial charge on any atom is 0.321 e. The van der Waals surface area contributed by atoms with E-state index >= 15 is 0 Å². The Labute approximate surface area is 152 Å². The standard InChI is InChI=1S/C19H20N4O3/c1-21-18(24)15-7-8-17(26-3)16(10-15)22-19(25)23(2)12-14-6-4-5-13(9-14)11-20/h4-10H,12H2,1-3H3,(H,21,24)(H,22,25). The third-order valence-corrected chi connectivity index (χ3v) is 3.75. The second-order valence-electron chi connectivity index (χ2n) is 5.59. The number of amides is 3. The Balaban J connectivity index is 2.15. The molecule has 0 aromatic heterocycles. The predicted molar refractivity (Wildman–Crippen MR) is 98.0 cm³/mol. The van der Waals surface area contributed by atoms with Gasteiger partial charge in [-0.1, -0.05) is 12.1 Å². The van der Waals surface area contributed by atoms with Gasteiger partial charge in [0.1, 0.15) is 5.75 Å². The van der Waals surface area contributed by atoms with Gasteiger partial charge in [0.15, 0.2) is 0 Å². The molecule has 0 heterocycles. The van der Waals surface area contributed by atoms with E-state index in [1.165, 1.54) is 19.1 Å². The van der Waals surface area contributed by atoms with Gasteiger partial charge in [0.05, 0.1) is 24.4 Å². The van der Waals surface area contributed by atoms with Crippen LogP contribution in [0.15, 0.2) is 42.5 Å². The van der Waals surface area contributed by atoms with Crippen molar-refractivity contribution in [3.05, 3.63) is 59.2 Å². The minimum atomic E-state index is -0.361. The van der Waals surface area contributed by atoms with E-state index in [0.717, 1.165) is 5.56 Å². The van der Waals surface area contributed by atoms with E-state index in [2.05, 4.69) is 16.7 Å². The second kappa shape index (κ2) is 8.53. The third-order valence-electron chi connectivity index (χ3n) is 3.75. The van der Waals surface area contributed by atoms with E-state index in [0.29, 0.717) is 29.1 Å². The fourth-order valence-corrected chi connectivity index (χ4v) is 2.39. The second-order valence-corrected chi connectivity index (χ2v) is 5.59. The molecule has 0 spiro atoms. The summed E-state index contributed by atoms with van der Waals surface area (Å²) in [7, 11) is 4.67. The summed E-state index contributed by atoms with van der Waals surface area (Å²) >= 11 is 0. The quantitative estimate of drug-likeness (QED) is 0.865. The first-order chi connectivity index (χ1) is 12.5. The Morgan fingerprint density at radius 3 is 2.65 bits per heavy atom. The van der Waals surface area contributed by atoms with Crippen LogP contribution in [-0.4, -0.2) is 38.0 Å². The van der Waals surface area contributed by atoms with Crippen molar-refractivity contribution in [2.45, 2.75) is 6.54 Å². The van der Waals surface area contributed by atoms with Crippen molar-refractivity contribution in [1.82, 2.24) is 10.2 Å². The first-order valence-electron chi connectivity index (χ1n) is 7.89. The van der Waals surface area contributed by atoms with Crippen LogP contribution in [0.4, 0.5) is 10.5 Å². The van der Waals surface area contributed by atoms with Gasteiger partial charge >= 0.3 is 6.03 Å². The molecule has 2 N–H and O–H groups in total. The summed E-state index contributed by atoms with van der Waals surface area (Å²) in [5, 5.41) is 14.2. The molecule has 0 radical (unpaired) electrons. The molecular formula is C19H20N4O3. The molecule has 3 amide bonds. The summed E-state index contributed by atoms with van der Waals surface area (Å²) < 4.78 is 5.24. The monoisotopic (exact) mass is 352 g/mol. The molecule has 2 rings (SSSR count). The first-order valence-corrected chi connectivity index (χ1v) is 7.89. The molecule has 26 heavy (non-hydrogen) atoms. The molecule has 0 aliphatic carbocycles. The number of ether oxygens (including phenoxy) is 1. The fraction of sp³-hybridized carbons (Fsp3) is 0.211. The lowest BCUT2D eigenvalue weighted by molar-refractivity contribution is 0.0963. The van der Waals surface area contributed by atoms with Crippen molar-refractivity contribution >= 4 is 17.6 Å². The molecule has 0 unspecified atom stereocenters. The Morgan fingerprint density at radius 2 is 2.00 bits per heavy atom. The number of hydrogen-bond acceptors (Lipinski definition) is 4. The van der Waals surface area contributed by atoms with Gasteiger partial charge in [0.2, 0.25) is 0 Å². The Morgan fingerprint density at radius 1 is 1.23 bits per heavy atom. The van der Waals surface area contributed by atoms with E-state index in [1.807, 2.05) is 6.07 Å². The van der Waals surface area contributed by atoms with Crippen LogP contribution in [0.1, 0.15) is 21.5 Å². The zero-order valence-corrected chi connectivity index (χ0v) is 14.9. The van der Waals surface area contributed by atoms with Gasteiger partial charge in [0.25, 0.3) is 5.91 Å². The Hall–Kier alpha value is -3.53. The van der Waals surface area contributed by atoms with Gasteiger partial charge in [-0.2, -0.15) is 5.26 Å². The number of carbonyl (C=O) groups excluding carboxylic acids is 2. The number of carbonyl (C=O) groups is 2. The number of methoxy groups -OCH3 is 1. The molecule has 0 aliphatic heterocycles. The van der Waals surface area contributed by atoms with E-state index in [-0.39, 0.29) is 11.9 Å². The highest BCUT2D eigenvalue weighted by Crippen LogP contribution is 2.26. The topological polar surface area (TPSA) is 94.5 Å². The van der Waals surface area contributed by atoms with E-state index in [9.17, 15) is 9.59 Å². The summed E-state index contributed by atoms with van der Waals surface area (Å²) in [6.07, 6.45) is 0. The lowest BCUT2D eigenvalue weighted by Crippen LogP contribution is -2.31. The number of anilines is 1. The smallest absolute Gasteiger partial charge is 0.321 e. The summed E-state index contributed by atoms with van der Waals surface area (Å²) in [6.45, 7) is 0.332. The lowest BCUT2D eigenvalue weighted by atomic mass is 10.1. The van der Waals surface area contributed by atoms with Crippen LogP contribution in [0.2, 0.25) is 0 Å². The van der Waals surface area contributed by atoms with Gasteiger partial charge in [0, 0.05) is 26.2 Å². The Kier molecular flexibility index (Phi) is 6.17. The number of nitriles is 1. The maximum absolute atomic E-state index is 12.5. The molecule has 0 saturated heterocycles. The van der Waals surface area contributed by atoms with Crippen molar-refractivity contribution in [3.63, 3.8) is 0 Å². The average Bonchev–Trinajstić information content (AvgIpc) is 2.67. The number of benzene rings is 2. The summed E-state index contributed by atoms with van der Waals surface area (Å²) in [5.41, 5.74) is 2.19. The maximum atomic E-state index is 12.5. The van der Waals surface area contributed by atoms with Crippen LogP contribution >= 0.6 is 0 Å². The van der Waals surface area contributed by atoms with E-state index < -0.39 is 0 Å². The SMILES string of the molecule is CNC(=O)c1ccc(OC)c(NC(=O)N(C)Cc2cccc(C#N)c2)c1. The number of hydrogen-bond donors (Lipinski definition) is 2. The van der Waals surface area contributed by atoms with Gasteiger partial charge in [-0.3, -0.25) is 4.79 Å². The molecule has 0 aliphatic rings. The predicted octanol–water partition coefficient (Wildman–Crippen LogP) is 2.59. The molecule has 0 bridgehead atoms. The van der Waals surface area contributed by atoms with Crippen LogP contribution in [0, 0.1) is 11.3 Å². The molecule has 7 nitrogen and oxygen atoms in total. The summed E-state index contributed by atoms with van der Waals surface area (Å²) in [4.78, 5) is 25.7. The first kappa shape index (κ1) is 18.8.